The lowest BCUT2D eigenvalue weighted by molar-refractivity contribution is 0.0997. The first-order chi connectivity index (χ1) is 8.67. The number of pyridine rings is 1. The first kappa shape index (κ1) is 11.9. The van der Waals surface area contributed by atoms with Crippen LogP contribution in [-0.4, -0.2) is 18.0 Å². The average Bonchev–Trinajstić information content (AvgIpc) is 2.37. The maximum atomic E-state index is 11.4. The number of hydrogen-bond donors (Lipinski definition) is 1. The fraction of sp³-hybridized carbons (Fsp3) is 0.143. The Hall–Kier alpha value is -2.54. The lowest BCUT2D eigenvalue weighted by Gasteiger charge is -2.08. The summed E-state index contributed by atoms with van der Waals surface area (Å²) in [6.45, 7) is 1.75. The average molecular weight is 240 g/mol. The smallest absolute Gasteiger partial charge is 0.252 e. The molecule has 0 radical (unpaired) electrons. The maximum absolute atomic E-state index is 11.4. The molecule has 0 aliphatic heterocycles. The van der Waals surface area contributed by atoms with Crippen LogP contribution in [0.5, 0.6) is 5.75 Å². The number of nitrogens with two attached hydrogens (primary N) is 1. The van der Waals surface area contributed by atoms with Gasteiger partial charge < -0.3 is 10.5 Å². The molecule has 0 aliphatic rings. The number of amides is 1. The highest BCUT2D eigenvalue weighted by Crippen LogP contribution is 2.27. The quantitative estimate of drug-likeness (QED) is 0.813. The second-order valence-electron chi connectivity index (χ2n) is 3.70. The van der Waals surface area contributed by atoms with E-state index in [0.717, 1.165) is 16.3 Å². The highest BCUT2D eigenvalue weighted by Gasteiger charge is 2.12. The van der Waals surface area contributed by atoms with Gasteiger partial charge in [0.25, 0.3) is 5.91 Å². The molecule has 0 atom stereocenters. The number of carbonyl (C=O) groups is 1. The van der Waals surface area contributed by atoms with Gasteiger partial charge in [-0.3, -0.25) is 9.78 Å². The van der Waals surface area contributed by atoms with E-state index in [2.05, 4.69) is 16.8 Å². The van der Waals surface area contributed by atoms with Crippen molar-refractivity contribution in [1.29, 1.82) is 0 Å². The normalized spacial score (nSPS) is 9.67. The van der Waals surface area contributed by atoms with E-state index in [9.17, 15) is 4.79 Å². The molecule has 0 fully saturated rings. The van der Waals surface area contributed by atoms with Crippen molar-refractivity contribution in [2.75, 3.05) is 7.11 Å². The van der Waals surface area contributed by atoms with Gasteiger partial charge in [0.2, 0.25) is 0 Å². The van der Waals surface area contributed by atoms with Crippen LogP contribution < -0.4 is 10.5 Å². The molecule has 90 valence electrons. The van der Waals surface area contributed by atoms with Crippen molar-refractivity contribution in [2.24, 2.45) is 5.73 Å². The molecule has 0 saturated carbocycles. The monoisotopic (exact) mass is 240 g/mol. The standard InChI is InChI=1S/C14H12N2O2/c1-3-4-9-7-16-8-10-5-13(18-2)12(14(15)17)6-11(9)10/h5-8H,1-2H3,(H2,15,17). The van der Waals surface area contributed by atoms with Gasteiger partial charge in [-0.05, 0) is 19.1 Å². The molecular weight excluding hydrogens is 228 g/mol. The van der Waals surface area contributed by atoms with Gasteiger partial charge in [0, 0.05) is 23.2 Å². The van der Waals surface area contributed by atoms with Crippen LogP contribution in [0.1, 0.15) is 22.8 Å². The number of ether oxygens (including phenoxy) is 1. The van der Waals surface area contributed by atoms with Gasteiger partial charge in [-0.25, -0.2) is 0 Å². The van der Waals surface area contributed by atoms with Crippen LogP contribution in [0.3, 0.4) is 0 Å². The largest absolute Gasteiger partial charge is 0.496 e. The molecule has 2 N–H and O–H groups in total. The molecule has 0 spiro atoms. The molecule has 0 aliphatic carbocycles. The summed E-state index contributed by atoms with van der Waals surface area (Å²) in [7, 11) is 1.50. The highest BCUT2D eigenvalue weighted by atomic mass is 16.5. The molecule has 1 aromatic heterocycles. The van der Waals surface area contributed by atoms with E-state index in [-0.39, 0.29) is 0 Å². The number of primary amides is 1. The molecular formula is C14H12N2O2. The van der Waals surface area contributed by atoms with Crippen molar-refractivity contribution in [3.05, 3.63) is 35.7 Å². The molecule has 0 unspecified atom stereocenters. The Bertz CT molecular complexity index is 681. The number of benzene rings is 1. The van der Waals surface area contributed by atoms with E-state index in [4.69, 9.17) is 10.5 Å². The zero-order chi connectivity index (χ0) is 13.1. The molecule has 1 aromatic carbocycles. The Kier molecular flexibility index (Phi) is 3.16. The van der Waals surface area contributed by atoms with Gasteiger partial charge in [0.1, 0.15) is 5.75 Å². The van der Waals surface area contributed by atoms with Crippen LogP contribution in [0.4, 0.5) is 0 Å². The Balaban J connectivity index is 2.82. The molecule has 1 heterocycles. The van der Waals surface area contributed by atoms with E-state index < -0.39 is 5.91 Å². The maximum Gasteiger partial charge on any atom is 0.252 e. The van der Waals surface area contributed by atoms with Crippen LogP contribution in [0.2, 0.25) is 0 Å². The number of rotatable bonds is 2. The Morgan fingerprint density at radius 3 is 2.78 bits per heavy atom. The topological polar surface area (TPSA) is 65.2 Å². The van der Waals surface area contributed by atoms with Crippen molar-refractivity contribution in [1.82, 2.24) is 4.98 Å². The zero-order valence-corrected chi connectivity index (χ0v) is 10.2. The molecule has 2 aromatic rings. The predicted molar refractivity (Wildman–Crippen MR) is 69.4 cm³/mol. The summed E-state index contributed by atoms with van der Waals surface area (Å²) in [6, 6.07) is 3.43. The van der Waals surface area contributed by atoms with Crippen molar-refractivity contribution in [3.8, 4) is 17.6 Å². The molecule has 4 heteroatoms. The second kappa shape index (κ2) is 4.76. The Morgan fingerprint density at radius 2 is 2.17 bits per heavy atom. The molecule has 18 heavy (non-hydrogen) atoms. The summed E-state index contributed by atoms with van der Waals surface area (Å²) < 4.78 is 5.15. The van der Waals surface area contributed by atoms with Gasteiger partial charge >= 0.3 is 0 Å². The lowest BCUT2D eigenvalue weighted by Crippen LogP contribution is -2.12. The van der Waals surface area contributed by atoms with E-state index >= 15 is 0 Å². The van der Waals surface area contributed by atoms with Gasteiger partial charge in [0.15, 0.2) is 0 Å². The second-order valence-corrected chi connectivity index (χ2v) is 3.70. The van der Waals surface area contributed by atoms with Crippen LogP contribution in [-0.2, 0) is 0 Å². The first-order valence-corrected chi connectivity index (χ1v) is 5.35. The number of methoxy groups -OCH3 is 1. The van der Waals surface area contributed by atoms with Crippen molar-refractivity contribution in [2.45, 2.75) is 6.92 Å². The van der Waals surface area contributed by atoms with E-state index in [1.165, 1.54) is 7.11 Å². The SMILES string of the molecule is CC#Cc1cncc2cc(OC)c(C(N)=O)cc12. The third-order valence-corrected chi connectivity index (χ3v) is 2.60. The number of nitrogens with zero attached hydrogens (tertiary/aromatic N) is 1. The summed E-state index contributed by atoms with van der Waals surface area (Å²) in [6.07, 6.45) is 3.36. The summed E-state index contributed by atoms with van der Waals surface area (Å²) >= 11 is 0. The van der Waals surface area contributed by atoms with Crippen LogP contribution in [0.15, 0.2) is 24.5 Å². The van der Waals surface area contributed by atoms with Gasteiger partial charge in [-0.1, -0.05) is 5.92 Å². The van der Waals surface area contributed by atoms with Crippen molar-refractivity contribution in [3.63, 3.8) is 0 Å². The van der Waals surface area contributed by atoms with Crippen LogP contribution in [0, 0.1) is 11.8 Å². The fourth-order valence-corrected chi connectivity index (χ4v) is 1.79. The number of fused-ring (bicyclic) bond motifs is 1. The molecule has 4 nitrogen and oxygen atoms in total. The van der Waals surface area contributed by atoms with E-state index in [1.54, 1.807) is 31.5 Å². The molecule has 0 bridgehead atoms. The number of hydrogen-bond acceptors (Lipinski definition) is 3. The third kappa shape index (κ3) is 1.98. The lowest BCUT2D eigenvalue weighted by atomic mass is 10.0. The predicted octanol–water partition coefficient (Wildman–Crippen LogP) is 1.71. The molecule has 2 rings (SSSR count). The first-order valence-electron chi connectivity index (χ1n) is 5.35. The molecule has 1 amide bonds. The summed E-state index contributed by atoms with van der Waals surface area (Å²) in [4.78, 5) is 15.5. The van der Waals surface area contributed by atoms with E-state index in [0.29, 0.717) is 11.3 Å². The summed E-state index contributed by atoms with van der Waals surface area (Å²) in [5.41, 5.74) is 6.44. The van der Waals surface area contributed by atoms with Gasteiger partial charge in [0.05, 0.1) is 18.2 Å². The zero-order valence-electron chi connectivity index (χ0n) is 10.2. The van der Waals surface area contributed by atoms with Gasteiger partial charge in [-0.15, -0.1) is 5.92 Å². The molecule has 0 saturated heterocycles. The summed E-state index contributed by atoms with van der Waals surface area (Å²) in [5, 5.41) is 1.70. The summed E-state index contributed by atoms with van der Waals surface area (Å²) in [5.74, 6) is 5.68. The van der Waals surface area contributed by atoms with E-state index in [1.807, 2.05) is 0 Å². The minimum absolute atomic E-state index is 0.343. The minimum Gasteiger partial charge on any atom is -0.496 e. The fourth-order valence-electron chi connectivity index (χ4n) is 1.79. The van der Waals surface area contributed by atoms with Crippen molar-refractivity contribution >= 4 is 16.7 Å². The van der Waals surface area contributed by atoms with Crippen LogP contribution in [0.25, 0.3) is 10.8 Å². The third-order valence-electron chi connectivity index (χ3n) is 2.60. The Labute approximate surface area is 105 Å². The van der Waals surface area contributed by atoms with Crippen molar-refractivity contribution < 1.29 is 9.53 Å². The highest BCUT2D eigenvalue weighted by molar-refractivity contribution is 6.01. The minimum atomic E-state index is -0.527. The Morgan fingerprint density at radius 1 is 1.39 bits per heavy atom. The number of aromatic nitrogens is 1. The van der Waals surface area contributed by atoms with Crippen LogP contribution >= 0.6 is 0 Å². The van der Waals surface area contributed by atoms with Gasteiger partial charge in [-0.2, -0.15) is 0 Å². The number of carbonyl (C=O) groups excluding carboxylic acids is 1.